The topological polar surface area (TPSA) is 64.4 Å². The maximum atomic E-state index is 13.6. The average Bonchev–Trinajstić information content (AvgIpc) is 3.23. The van der Waals surface area contributed by atoms with Gasteiger partial charge in [-0.05, 0) is 53.2 Å². The predicted octanol–water partition coefficient (Wildman–Crippen LogP) is 6.60. The number of rotatable bonds is 5. The molecule has 0 aliphatic heterocycles. The van der Waals surface area contributed by atoms with Crippen molar-refractivity contribution in [3.63, 3.8) is 0 Å². The summed E-state index contributed by atoms with van der Waals surface area (Å²) >= 11 is 6.00. The first-order valence-corrected chi connectivity index (χ1v) is 10.3. The van der Waals surface area contributed by atoms with Crippen molar-refractivity contribution in [1.29, 1.82) is 0 Å². The first-order chi connectivity index (χ1) is 16.0. The van der Waals surface area contributed by atoms with E-state index < -0.39 is 11.6 Å². The van der Waals surface area contributed by atoms with Gasteiger partial charge in [-0.3, -0.25) is 4.79 Å². The molecule has 164 valence electrons. The van der Waals surface area contributed by atoms with Crippen molar-refractivity contribution in [3.8, 4) is 17.2 Å². The van der Waals surface area contributed by atoms with Crippen LogP contribution in [0.4, 0.5) is 14.5 Å². The molecular formula is C25H15ClF2N2O3. The van der Waals surface area contributed by atoms with Gasteiger partial charge in [-0.25, -0.2) is 13.8 Å². The molecule has 0 bridgehead atoms. The Kier molecular flexibility index (Phi) is 5.40. The average molecular weight is 465 g/mol. The molecule has 0 unspecified atom stereocenters. The number of nitrogens with zero attached hydrogens (tertiary/aromatic N) is 1. The van der Waals surface area contributed by atoms with Crippen LogP contribution in [0.25, 0.3) is 33.3 Å². The van der Waals surface area contributed by atoms with Crippen molar-refractivity contribution < 1.29 is 22.7 Å². The van der Waals surface area contributed by atoms with E-state index in [1.807, 2.05) is 42.5 Å². The second-order valence-electron chi connectivity index (χ2n) is 7.29. The van der Waals surface area contributed by atoms with Crippen LogP contribution in [0.3, 0.4) is 0 Å². The third-order valence-corrected chi connectivity index (χ3v) is 5.32. The van der Waals surface area contributed by atoms with E-state index in [0.29, 0.717) is 22.5 Å². The molecule has 0 saturated carbocycles. The van der Waals surface area contributed by atoms with Gasteiger partial charge >= 0.3 is 0 Å². The zero-order chi connectivity index (χ0) is 22.9. The summed E-state index contributed by atoms with van der Waals surface area (Å²) < 4.78 is 38.2. The van der Waals surface area contributed by atoms with Crippen molar-refractivity contribution in [2.75, 3.05) is 11.9 Å². The Balaban J connectivity index is 1.29. The Morgan fingerprint density at radius 2 is 1.76 bits per heavy atom. The SMILES string of the molecule is O=C(COc1ccc2ccccc2c1)Nc1ccc2oc(-c3cc(F)c(F)cc3Cl)nc2c1. The number of amides is 1. The second kappa shape index (κ2) is 8.52. The number of anilines is 1. The van der Waals surface area contributed by atoms with Gasteiger partial charge in [-0.15, -0.1) is 0 Å². The Morgan fingerprint density at radius 1 is 0.970 bits per heavy atom. The minimum atomic E-state index is -1.06. The van der Waals surface area contributed by atoms with Gasteiger partial charge in [-0.1, -0.05) is 41.9 Å². The van der Waals surface area contributed by atoms with E-state index in [1.54, 1.807) is 18.2 Å². The normalized spacial score (nSPS) is 11.1. The Bertz CT molecular complexity index is 1520. The maximum absolute atomic E-state index is 13.6. The van der Waals surface area contributed by atoms with E-state index in [0.717, 1.165) is 22.9 Å². The number of halogens is 3. The fraction of sp³-hybridized carbons (Fsp3) is 0.0400. The molecule has 0 fully saturated rings. The highest BCUT2D eigenvalue weighted by Gasteiger charge is 2.16. The summed E-state index contributed by atoms with van der Waals surface area (Å²) in [6, 6.07) is 20.1. The van der Waals surface area contributed by atoms with Crippen LogP contribution in [0.2, 0.25) is 5.02 Å². The number of oxazole rings is 1. The first-order valence-electron chi connectivity index (χ1n) is 9.93. The minimum absolute atomic E-state index is 0.0279. The summed E-state index contributed by atoms with van der Waals surface area (Å²) in [5.41, 5.74) is 1.42. The number of hydrogen-bond acceptors (Lipinski definition) is 4. The number of aromatic nitrogens is 1. The molecule has 1 aromatic heterocycles. The van der Waals surface area contributed by atoms with Gasteiger partial charge in [0.25, 0.3) is 5.91 Å². The van der Waals surface area contributed by atoms with Crippen LogP contribution >= 0.6 is 11.6 Å². The number of ether oxygens (including phenoxy) is 1. The van der Waals surface area contributed by atoms with Gasteiger partial charge in [0.2, 0.25) is 5.89 Å². The van der Waals surface area contributed by atoms with Crippen LogP contribution in [0.5, 0.6) is 5.75 Å². The highest BCUT2D eigenvalue weighted by atomic mass is 35.5. The van der Waals surface area contributed by atoms with Crippen molar-refractivity contribution in [3.05, 3.63) is 89.5 Å². The van der Waals surface area contributed by atoms with Gasteiger partial charge in [-0.2, -0.15) is 0 Å². The van der Waals surface area contributed by atoms with E-state index in [9.17, 15) is 13.6 Å². The third kappa shape index (κ3) is 4.36. The molecule has 0 atom stereocenters. The molecule has 0 spiro atoms. The van der Waals surface area contributed by atoms with Crippen LogP contribution in [0, 0.1) is 11.6 Å². The van der Waals surface area contributed by atoms with Crippen molar-refractivity contribution in [2.24, 2.45) is 0 Å². The summed E-state index contributed by atoms with van der Waals surface area (Å²) in [6.07, 6.45) is 0. The summed E-state index contributed by atoms with van der Waals surface area (Å²) in [6.45, 7) is -0.176. The van der Waals surface area contributed by atoms with Gasteiger partial charge in [0.15, 0.2) is 23.8 Å². The molecule has 5 aromatic rings. The molecule has 5 nitrogen and oxygen atoms in total. The fourth-order valence-corrected chi connectivity index (χ4v) is 3.64. The Morgan fingerprint density at radius 3 is 2.61 bits per heavy atom. The largest absolute Gasteiger partial charge is 0.484 e. The molecule has 8 heteroatoms. The van der Waals surface area contributed by atoms with Crippen LogP contribution in [-0.4, -0.2) is 17.5 Å². The van der Waals surface area contributed by atoms with Crippen LogP contribution < -0.4 is 10.1 Å². The lowest BCUT2D eigenvalue weighted by atomic mass is 10.1. The zero-order valence-electron chi connectivity index (χ0n) is 16.9. The van der Waals surface area contributed by atoms with Crippen molar-refractivity contribution in [2.45, 2.75) is 0 Å². The molecule has 33 heavy (non-hydrogen) atoms. The molecule has 0 aliphatic rings. The van der Waals surface area contributed by atoms with Crippen LogP contribution in [-0.2, 0) is 4.79 Å². The van der Waals surface area contributed by atoms with E-state index in [2.05, 4.69) is 10.3 Å². The predicted molar refractivity (Wildman–Crippen MR) is 122 cm³/mol. The maximum Gasteiger partial charge on any atom is 0.262 e. The standard InChI is InChI=1S/C25H15ClF2N2O3/c26-19-12-21(28)20(27)11-18(19)25-30-22-10-16(6-8-23(22)33-25)29-24(31)13-32-17-7-5-14-3-1-2-4-15(14)9-17/h1-12H,13H2,(H,29,31). The molecular weight excluding hydrogens is 450 g/mol. The van der Waals surface area contributed by atoms with Gasteiger partial charge in [0.1, 0.15) is 11.3 Å². The third-order valence-electron chi connectivity index (χ3n) is 5.00. The molecule has 1 heterocycles. The fourth-order valence-electron chi connectivity index (χ4n) is 3.41. The molecule has 5 rings (SSSR count). The van der Waals surface area contributed by atoms with Crippen molar-refractivity contribution in [1.82, 2.24) is 4.98 Å². The number of benzene rings is 4. The monoisotopic (exact) mass is 464 g/mol. The number of nitrogens with one attached hydrogen (secondary N) is 1. The number of fused-ring (bicyclic) bond motifs is 2. The lowest BCUT2D eigenvalue weighted by molar-refractivity contribution is -0.118. The van der Waals surface area contributed by atoms with Crippen LogP contribution in [0.15, 0.2) is 77.2 Å². The Hall–Kier alpha value is -3.97. The quantitative estimate of drug-likeness (QED) is 0.298. The molecule has 0 aliphatic carbocycles. The van der Waals surface area contributed by atoms with Gasteiger partial charge < -0.3 is 14.5 Å². The highest BCUT2D eigenvalue weighted by molar-refractivity contribution is 6.33. The molecule has 0 saturated heterocycles. The van der Waals surface area contributed by atoms with Gasteiger partial charge in [0, 0.05) is 5.69 Å². The lowest BCUT2D eigenvalue weighted by Gasteiger charge is -2.08. The number of carbonyl (C=O) groups is 1. The van der Waals surface area contributed by atoms with E-state index in [4.69, 9.17) is 20.8 Å². The highest BCUT2D eigenvalue weighted by Crippen LogP contribution is 2.32. The zero-order valence-corrected chi connectivity index (χ0v) is 17.7. The molecule has 4 aromatic carbocycles. The lowest BCUT2D eigenvalue weighted by Crippen LogP contribution is -2.20. The summed E-state index contributed by atoms with van der Waals surface area (Å²) in [7, 11) is 0. The van der Waals surface area contributed by atoms with E-state index >= 15 is 0 Å². The second-order valence-corrected chi connectivity index (χ2v) is 7.70. The summed E-state index contributed by atoms with van der Waals surface area (Å²) in [5, 5.41) is 4.81. The molecule has 1 N–H and O–H groups in total. The van der Waals surface area contributed by atoms with E-state index in [1.165, 1.54) is 0 Å². The number of hydrogen-bond donors (Lipinski definition) is 1. The number of carbonyl (C=O) groups excluding carboxylic acids is 1. The van der Waals surface area contributed by atoms with Crippen molar-refractivity contribution >= 4 is 45.1 Å². The van der Waals surface area contributed by atoms with E-state index in [-0.39, 0.29) is 29.0 Å². The first kappa shape index (κ1) is 20.9. The van der Waals surface area contributed by atoms with Gasteiger partial charge in [0.05, 0.1) is 10.6 Å². The summed E-state index contributed by atoms with van der Waals surface area (Å²) in [5.74, 6) is -1.84. The smallest absolute Gasteiger partial charge is 0.262 e. The molecule has 0 radical (unpaired) electrons. The summed E-state index contributed by atoms with van der Waals surface area (Å²) in [4.78, 5) is 16.6. The van der Waals surface area contributed by atoms with Crippen LogP contribution in [0.1, 0.15) is 0 Å². The Labute approximate surface area is 191 Å². The molecule has 1 amide bonds. The minimum Gasteiger partial charge on any atom is -0.484 e.